The number of aryl methyl sites for hydroxylation is 2. The van der Waals surface area contributed by atoms with E-state index in [-0.39, 0.29) is 5.78 Å². The molecule has 0 spiro atoms. The Morgan fingerprint density at radius 2 is 1.18 bits per heavy atom. The molecular weight excluding hydrogens is 324 g/mol. The predicted octanol–water partition coefficient (Wildman–Crippen LogP) is 3.23. The van der Waals surface area contributed by atoms with Crippen LogP contribution in [0.1, 0.15) is 45.0 Å². The number of carbonyl (C=O) groups excluding carboxylic acids is 3. The first-order valence-electron chi connectivity index (χ1n) is 6.31. The number of methoxy groups -OCH3 is 2. The Morgan fingerprint density at radius 1 is 0.818 bits per heavy atom. The Labute approximate surface area is 135 Å². The standard InChI is InChI=1S/C15H14O5S2/c1-7-5-9(14(17)19-3)21-12(7)11(16)13-8(2)6-10(22-13)15(18)20-4/h5-6H,1-4H3. The highest BCUT2D eigenvalue weighted by atomic mass is 32.1. The summed E-state index contributed by atoms with van der Waals surface area (Å²) in [6.07, 6.45) is 0. The Hall–Kier alpha value is -1.99. The third-order valence-corrected chi connectivity index (χ3v) is 5.45. The monoisotopic (exact) mass is 338 g/mol. The van der Waals surface area contributed by atoms with Crippen LogP contribution in [0, 0.1) is 13.8 Å². The highest BCUT2D eigenvalue weighted by Crippen LogP contribution is 2.30. The van der Waals surface area contributed by atoms with Crippen molar-refractivity contribution < 1.29 is 23.9 Å². The smallest absolute Gasteiger partial charge is 0.348 e. The van der Waals surface area contributed by atoms with E-state index in [1.54, 1.807) is 26.0 Å². The summed E-state index contributed by atoms with van der Waals surface area (Å²) in [4.78, 5) is 37.5. The van der Waals surface area contributed by atoms with Crippen molar-refractivity contribution in [1.82, 2.24) is 0 Å². The van der Waals surface area contributed by atoms with Gasteiger partial charge in [0.15, 0.2) is 0 Å². The fraction of sp³-hybridized carbons (Fsp3) is 0.267. The third kappa shape index (κ3) is 2.95. The van der Waals surface area contributed by atoms with Crippen LogP contribution in [0.2, 0.25) is 0 Å². The van der Waals surface area contributed by atoms with Gasteiger partial charge in [-0.1, -0.05) is 0 Å². The van der Waals surface area contributed by atoms with Crippen LogP contribution in [0.5, 0.6) is 0 Å². The van der Waals surface area contributed by atoms with E-state index in [1.807, 2.05) is 0 Å². The molecule has 2 aromatic heterocycles. The molecule has 2 heterocycles. The number of ether oxygens (including phenoxy) is 2. The summed E-state index contributed by atoms with van der Waals surface area (Å²) >= 11 is 2.19. The predicted molar refractivity (Wildman–Crippen MR) is 84.2 cm³/mol. The quantitative estimate of drug-likeness (QED) is 0.632. The first kappa shape index (κ1) is 16.4. The van der Waals surface area contributed by atoms with E-state index in [2.05, 4.69) is 9.47 Å². The van der Waals surface area contributed by atoms with Gasteiger partial charge >= 0.3 is 11.9 Å². The van der Waals surface area contributed by atoms with Crippen molar-refractivity contribution in [2.75, 3.05) is 14.2 Å². The average Bonchev–Trinajstić information content (AvgIpc) is 3.08. The fourth-order valence-corrected chi connectivity index (χ4v) is 4.06. The number of ketones is 1. The summed E-state index contributed by atoms with van der Waals surface area (Å²) in [5, 5.41) is 0. The lowest BCUT2D eigenvalue weighted by atomic mass is 10.1. The van der Waals surface area contributed by atoms with Crippen molar-refractivity contribution in [1.29, 1.82) is 0 Å². The molecule has 2 rings (SSSR count). The van der Waals surface area contributed by atoms with Crippen molar-refractivity contribution in [2.24, 2.45) is 0 Å². The van der Waals surface area contributed by atoms with Gasteiger partial charge in [-0.05, 0) is 37.1 Å². The molecule has 0 bridgehead atoms. The first-order chi connectivity index (χ1) is 10.4. The lowest BCUT2D eigenvalue weighted by Gasteiger charge is -1.98. The van der Waals surface area contributed by atoms with Crippen LogP contribution in [-0.4, -0.2) is 31.9 Å². The van der Waals surface area contributed by atoms with E-state index in [1.165, 1.54) is 14.2 Å². The van der Waals surface area contributed by atoms with Gasteiger partial charge in [0.2, 0.25) is 5.78 Å². The Balaban J connectivity index is 2.40. The minimum absolute atomic E-state index is 0.199. The molecule has 0 fully saturated rings. The summed E-state index contributed by atoms with van der Waals surface area (Å²) in [6.45, 7) is 3.53. The van der Waals surface area contributed by atoms with Gasteiger partial charge in [-0.25, -0.2) is 9.59 Å². The van der Waals surface area contributed by atoms with Gasteiger partial charge in [-0.2, -0.15) is 0 Å². The van der Waals surface area contributed by atoms with Crippen LogP contribution in [-0.2, 0) is 9.47 Å². The van der Waals surface area contributed by atoms with Gasteiger partial charge in [0.1, 0.15) is 9.75 Å². The van der Waals surface area contributed by atoms with Gasteiger partial charge in [-0.15, -0.1) is 22.7 Å². The van der Waals surface area contributed by atoms with Crippen molar-refractivity contribution >= 4 is 40.4 Å². The normalized spacial score (nSPS) is 10.4. The van der Waals surface area contributed by atoms with Crippen molar-refractivity contribution in [3.8, 4) is 0 Å². The van der Waals surface area contributed by atoms with E-state index >= 15 is 0 Å². The van der Waals surface area contributed by atoms with Gasteiger partial charge in [-0.3, -0.25) is 4.79 Å². The number of rotatable bonds is 4. The van der Waals surface area contributed by atoms with E-state index in [0.717, 1.165) is 22.7 Å². The lowest BCUT2D eigenvalue weighted by Crippen LogP contribution is -1.99. The zero-order chi connectivity index (χ0) is 16.4. The second kappa shape index (κ2) is 6.41. The highest BCUT2D eigenvalue weighted by Gasteiger charge is 2.23. The molecule has 0 aliphatic heterocycles. The molecule has 0 N–H and O–H groups in total. The minimum Gasteiger partial charge on any atom is -0.465 e. The average molecular weight is 338 g/mol. The molecule has 0 aliphatic carbocycles. The summed E-state index contributed by atoms with van der Waals surface area (Å²) in [5.41, 5.74) is 1.42. The summed E-state index contributed by atoms with van der Waals surface area (Å²) in [7, 11) is 2.59. The van der Waals surface area contributed by atoms with Crippen LogP contribution >= 0.6 is 22.7 Å². The summed E-state index contributed by atoms with van der Waals surface area (Å²) in [5.74, 6) is -1.13. The van der Waals surface area contributed by atoms with Crippen LogP contribution in [0.3, 0.4) is 0 Å². The number of esters is 2. The van der Waals surface area contributed by atoms with Crippen LogP contribution < -0.4 is 0 Å². The molecule has 5 nitrogen and oxygen atoms in total. The minimum atomic E-state index is -0.467. The maximum Gasteiger partial charge on any atom is 0.348 e. The zero-order valence-corrected chi connectivity index (χ0v) is 14.1. The number of hydrogen-bond acceptors (Lipinski definition) is 7. The molecule has 22 heavy (non-hydrogen) atoms. The number of carbonyl (C=O) groups is 3. The summed E-state index contributed by atoms with van der Waals surface area (Å²) in [6, 6.07) is 3.27. The van der Waals surface area contributed by atoms with Gasteiger partial charge in [0.25, 0.3) is 0 Å². The molecule has 2 aromatic rings. The second-order valence-electron chi connectivity index (χ2n) is 4.56. The fourth-order valence-electron chi connectivity index (χ4n) is 1.92. The van der Waals surface area contributed by atoms with E-state index in [0.29, 0.717) is 30.6 Å². The molecule has 0 atom stereocenters. The molecular formula is C15H14O5S2. The second-order valence-corrected chi connectivity index (χ2v) is 6.66. The molecule has 0 saturated heterocycles. The van der Waals surface area contributed by atoms with Gasteiger partial charge in [0.05, 0.1) is 24.0 Å². The molecule has 7 heteroatoms. The topological polar surface area (TPSA) is 69.7 Å². The molecule has 116 valence electrons. The molecule has 0 saturated carbocycles. The largest absolute Gasteiger partial charge is 0.465 e. The van der Waals surface area contributed by atoms with Crippen LogP contribution in [0.4, 0.5) is 0 Å². The molecule has 0 amide bonds. The SMILES string of the molecule is COC(=O)c1cc(C)c(C(=O)c2sc(C(=O)OC)cc2C)s1. The Kier molecular flexibility index (Phi) is 4.77. The van der Waals surface area contributed by atoms with E-state index in [4.69, 9.17) is 0 Å². The lowest BCUT2D eigenvalue weighted by molar-refractivity contribution is 0.0597. The molecule has 0 unspecified atom stereocenters. The number of hydrogen-bond donors (Lipinski definition) is 0. The van der Waals surface area contributed by atoms with Crippen molar-refractivity contribution in [3.63, 3.8) is 0 Å². The molecule has 0 aliphatic rings. The maximum absolute atomic E-state index is 12.7. The highest BCUT2D eigenvalue weighted by molar-refractivity contribution is 7.19. The van der Waals surface area contributed by atoms with E-state index in [9.17, 15) is 14.4 Å². The van der Waals surface area contributed by atoms with Crippen molar-refractivity contribution in [2.45, 2.75) is 13.8 Å². The van der Waals surface area contributed by atoms with E-state index < -0.39 is 11.9 Å². The Bertz CT molecular complexity index is 692. The van der Waals surface area contributed by atoms with Crippen LogP contribution in [0.15, 0.2) is 12.1 Å². The first-order valence-corrected chi connectivity index (χ1v) is 7.94. The molecule has 0 aromatic carbocycles. The summed E-state index contributed by atoms with van der Waals surface area (Å²) < 4.78 is 9.33. The Morgan fingerprint density at radius 3 is 1.50 bits per heavy atom. The maximum atomic E-state index is 12.7. The van der Waals surface area contributed by atoms with Gasteiger partial charge in [0, 0.05) is 0 Å². The van der Waals surface area contributed by atoms with Crippen LogP contribution in [0.25, 0.3) is 0 Å². The zero-order valence-electron chi connectivity index (χ0n) is 12.5. The third-order valence-electron chi connectivity index (χ3n) is 3.02. The molecule has 0 radical (unpaired) electrons. The van der Waals surface area contributed by atoms with Crippen molar-refractivity contribution in [3.05, 3.63) is 42.8 Å². The van der Waals surface area contributed by atoms with Gasteiger partial charge < -0.3 is 9.47 Å². The number of thiophene rings is 2.